The molecular weight excluding hydrogens is 266 g/mol. The summed E-state index contributed by atoms with van der Waals surface area (Å²) in [7, 11) is 0. The monoisotopic (exact) mass is 281 g/mol. The third-order valence-corrected chi connectivity index (χ3v) is 3.58. The number of aromatic nitrogens is 1. The fourth-order valence-electron chi connectivity index (χ4n) is 2.17. The van der Waals surface area contributed by atoms with Crippen LogP contribution in [0, 0.1) is 6.92 Å². The van der Waals surface area contributed by atoms with Crippen molar-refractivity contribution < 1.29 is 14.3 Å². The number of benzene rings is 2. The first-order valence-electron chi connectivity index (χ1n) is 6.75. The standard InChI is InChI=1S/C17H15NO3/c1-10-3-5-12(6-4-10)16-18-14-8-7-13(9-15(14)21-16)11(2)17(19)20/h3-9,11H,1-2H3,(H,19,20). The van der Waals surface area contributed by atoms with Crippen LogP contribution in [0.25, 0.3) is 22.6 Å². The van der Waals surface area contributed by atoms with E-state index in [1.54, 1.807) is 25.1 Å². The van der Waals surface area contributed by atoms with Crippen molar-refractivity contribution in [3.8, 4) is 11.5 Å². The molecule has 0 aliphatic carbocycles. The van der Waals surface area contributed by atoms with Gasteiger partial charge in [0, 0.05) is 5.56 Å². The van der Waals surface area contributed by atoms with E-state index in [0.717, 1.165) is 11.1 Å². The molecule has 0 fully saturated rings. The smallest absolute Gasteiger partial charge is 0.310 e. The lowest BCUT2D eigenvalue weighted by Crippen LogP contribution is -2.06. The highest BCUT2D eigenvalue weighted by molar-refractivity contribution is 5.81. The van der Waals surface area contributed by atoms with Crippen LogP contribution in [0.1, 0.15) is 24.0 Å². The van der Waals surface area contributed by atoms with Crippen LogP contribution < -0.4 is 0 Å². The highest BCUT2D eigenvalue weighted by Gasteiger charge is 2.16. The Kier molecular flexibility index (Phi) is 3.22. The lowest BCUT2D eigenvalue weighted by molar-refractivity contribution is -0.138. The molecule has 0 aliphatic heterocycles. The van der Waals surface area contributed by atoms with Gasteiger partial charge in [-0.1, -0.05) is 23.8 Å². The topological polar surface area (TPSA) is 63.3 Å². The zero-order chi connectivity index (χ0) is 15.0. The van der Waals surface area contributed by atoms with Crippen LogP contribution in [0.2, 0.25) is 0 Å². The molecule has 21 heavy (non-hydrogen) atoms. The number of fused-ring (bicyclic) bond motifs is 1. The number of carbonyl (C=O) groups is 1. The van der Waals surface area contributed by atoms with Crippen molar-refractivity contribution in [1.29, 1.82) is 0 Å². The normalized spacial score (nSPS) is 12.5. The van der Waals surface area contributed by atoms with Gasteiger partial charge in [-0.05, 0) is 43.7 Å². The molecule has 4 heteroatoms. The molecule has 3 rings (SSSR count). The molecule has 0 radical (unpaired) electrons. The summed E-state index contributed by atoms with van der Waals surface area (Å²) >= 11 is 0. The van der Waals surface area contributed by atoms with E-state index in [9.17, 15) is 4.79 Å². The van der Waals surface area contributed by atoms with E-state index in [1.165, 1.54) is 5.56 Å². The molecule has 1 N–H and O–H groups in total. The zero-order valence-corrected chi connectivity index (χ0v) is 11.8. The Balaban J connectivity index is 2.04. The molecule has 1 unspecified atom stereocenters. The number of carboxylic acid groups (broad SMARTS) is 1. The summed E-state index contributed by atoms with van der Waals surface area (Å²) < 4.78 is 5.76. The molecule has 2 aromatic carbocycles. The summed E-state index contributed by atoms with van der Waals surface area (Å²) in [5.41, 5.74) is 4.13. The number of oxazole rings is 1. The van der Waals surface area contributed by atoms with Gasteiger partial charge in [0.15, 0.2) is 5.58 Å². The minimum Gasteiger partial charge on any atom is -0.481 e. The van der Waals surface area contributed by atoms with Gasteiger partial charge in [-0.25, -0.2) is 4.98 Å². The number of rotatable bonds is 3. The molecule has 0 amide bonds. The van der Waals surface area contributed by atoms with Gasteiger partial charge in [0.05, 0.1) is 5.92 Å². The van der Waals surface area contributed by atoms with Gasteiger partial charge in [0.25, 0.3) is 0 Å². The van der Waals surface area contributed by atoms with Crippen LogP contribution >= 0.6 is 0 Å². The Hall–Kier alpha value is -2.62. The number of hydrogen-bond acceptors (Lipinski definition) is 3. The van der Waals surface area contributed by atoms with Gasteiger partial charge in [-0.15, -0.1) is 0 Å². The van der Waals surface area contributed by atoms with Crippen molar-refractivity contribution >= 4 is 17.1 Å². The summed E-state index contributed by atoms with van der Waals surface area (Å²) in [6, 6.07) is 13.2. The fraction of sp³-hybridized carbons (Fsp3) is 0.176. The SMILES string of the molecule is Cc1ccc(-c2nc3ccc(C(C)C(=O)O)cc3o2)cc1. The molecule has 1 atom stereocenters. The van der Waals surface area contributed by atoms with E-state index in [2.05, 4.69) is 4.98 Å². The molecule has 1 heterocycles. The van der Waals surface area contributed by atoms with Gasteiger partial charge in [0.1, 0.15) is 5.52 Å². The van der Waals surface area contributed by atoms with Crippen LogP contribution in [0.15, 0.2) is 46.9 Å². The number of carboxylic acids is 1. The minimum atomic E-state index is -0.854. The predicted molar refractivity (Wildman–Crippen MR) is 80.2 cm³/mol. The largest absolute Gasteiger partial charge is 0.481 e. The molecule has 3 aromatic rings. The molecule has 0 aliphatic rings. The summed E-state index contributed by atoms with van der Waals surface area (Å²) in [5, 5.41) is 9.07. The Morgan fingerprint density at radius 2 is 1.90 bits per heavy atom. The van der Waals surface area contributed by atoms with Crippen molar-refractivity contribution in [3.05, 3.63) is 53.6 Å². The maximum absolute atomic E-state index is 11.0. The summed E-state index contributed by atoms with van der Waals surface area (Å²) in [6.45, 7) is 3.68. The van der Waals surface area contributed by atoms with Crippen molar-refractivity contribution in [1.82, 2.24) is 4.98 Å². The van der Waals surface area contributed by atoms with Gasteiger partial charge >= 0.3 is 5.97 Å². The number of nitrogens with zero attached hydrogens (tertiary/aromatic N) is 1. The fourth-order valence-corrected chi connectivity index (χ4v) is 2.17. The first-order chi connectivity index (χ1) is 10.0. The summed E-state index contributed by atoms with van der Waals surface area (Å²) in [4.78, 5) is 15.5. The molecular formula is C17H15NO3. The average molecular weight is 281 g/mol. The van der Waals surface area contributed by atoms with E-state index < -0.39 is 11.9 Å². The summed E-state index contributed by atoms with van der Waals surface area (Å²) in [6.07, 6.45) is 0. The third kappa shape index (κ3) is 2.52. The van der Waals surface area contributed by atoms with E-state index in [4.69, 9.17) is 9.52 Å². The number of hydrogen-bond donors (Lipinski definition) is 1. The zero-order valence-electron chi connectivity index (χ0n) is 11.8. The molecule has 106 valence electrons. The van der Waals surface area contributed by atoms with Gasteiger partial charge in [0.2, 0.25) is 5.89 Å². The highest BCUT2D eigenvalue weighted by Crippen LogP contribution is 2.27. The maximum Gasteiger partial charge on any atom is 0.310 e. The van der Waals surface area contributed by atoms with Gasteiger partial charge < -0.3 is 9.52 Å². The Labute approximate surface area is 122 Å². The second-order valence-corrected chi connectivity index (χ2v) is 5.17. The lowest BCUT2D eigenvalue weighted by atomic mass is 10.0. The van der Waals surface area contributed by atoms with Crippen LogP contribution in [-0.4, -0.2) is 16.1 Å². The average Bonchev–Trinajstić information content (AvgIpc) is 2.89. The predicted octanol–water partition coefficient (Wildman–Crippen LogP) is 3.99. The van der Waals surface area contributed by atoms with E-state index in [-0.39, 0.29) is 0 Å². The molecule has 0 spiro atoms. The number of aliphatic carboxylic acids is 1. The van der Waals surface area contributed by atoms with Crippen molar-refractivity contribution in [2.24, 2.45) is 0 Å². The van der Waals surface area contributed by atoms with Crippen molar-refractivity contribution in [2.45, 2.75) is 19.8 Å². The van der Waals surface area contributed by atoms with Crippen molar-refractivity contribution in [3.63, 3.8) is 0 Å². The lowest BCUT2D eigenvalue weighted by Gasteiger charge is -2.04. The Bertz CT molecular complexity index is 803. The van der Waals surface area contributed by atoms with Crippen molar-refractivity contribution in [2.75, 3.05) is 0 Å². The van der Waals surface area contributed by atoms with Crippen LogP contribution in [0.4, 0.5) is 0 Å². The molecule has 0 bridgehead atoms. The van der Waals surface area contributed by atoms with Crippen LogP contribution in [0.5, 0.6) is 0 Å². The van der Waals surface area contributed by atoms with Crippen LogP contribution in [-0.2, 0) is 4.79 Å². The molecule has 0 saturated heterocycles. The first-order valence-corrected chi connectivity index (χ1v) is 6.75. The minimum absolute atomic E-state index is 0.546. The third-order valence-electron chi connectivity index (χ3n) is 3.58. The quantitative estimate of drug-likeness (QED) is 0.788. The Morgan fingerprint density at radius 3 is 2.57 bits per heavy atom. The maximum atomic E-state index is 11.0. The second kappa shape index (κ2) is 5.05. The van der Waals surface area contributed by atoms with E-state index in [0.29, 0.717) is 17.0 Å². The molecule has 0 saturated carbocycles. The molecule has 1 aromatic heterocycles. The highest BCUT2D eigenvalue weighted by atomic mass is 16.4. The van der Waals surface area contributed by atoms with Gasteiger partial charge in [-0.2, -0.15) is 0 Å². The summed E-state index contributed by atoms with van der Waals surface area (Å²) in [5.74, 6) is -0.875. The van der Waals surface area contributed by atoms with E-state index >= 15 is 0 Å². The van der Waals surface area contributed by atoms with Gasteiger partial charge in [-0.3, -0.25) is 4.79 Å². The van der Waals surface area contributed by atoms with Crippen LogP contribution in [0.3, 0.4) is 0 Å². The molecule has 4 nitrogen and oxygen atoms in total. The van der Waals surface area contributed by atoms with E-state index in [1.807, 2.05) is 31.2 Å². The number of aryl methyl sites for hydroxylation is 1. The Morgan fingerprint density at radius 1 is 1.19 bits per heavy atom. The second-order valence-electron chi connectivity index (χ2n) is 5.17. The first kappa shape index (κ1) is 13.4.